The minimum atomic E-state index is -0.482. The SMILES string of the molecule is CC1CNCCN1S(C)(C)C. The Kier molecular flexibility index (Phi) is 2.84. The fourth-order valence-electron chi connectivity index (χ4n) is 1.64. The second kappa shape index (κ2) is 3.33. The summed E-state index contributed by atoms with van der Waals surface area (Å²) in [6.45, 7) is 5.85. The van der Waals surface area contributed by atoms with Crippen LogP contribution in [0.5, 0.6) is 0 Å². The molecule has 2 nitrogen and oxygen atoms in total. The maximum Gasteiger partial charge on any atom is 0.0284 e. The molecule has 0 spiro atoms. The predicted molar refractivity (Wildman–Crippen MR) is 54.4 cm³/mol. The van der Waals surface area contributed by atoms with Crippen molar-refractivity contribution in [2.24, 2.45) is 0 Å². The molecule has 0 bridgehead atoms. The first-order valence-corrected chi connectivity index (χ1v) is 6.99. The highest BCUT2D eigenvalue weighted by Crippen LogP contribution is 2.41. The molecule has 1 heterocycles. The van der Waals surface area contributed by atoms with Crippen molar-refractivity contribution in [3.8, 4) is 0 Å². The van der Waals surface area contributed by atoms with Crippen LogP contribution < -0.4 is 5.32 Å². The van der Waals surface area contributed by atoms with Crippen molar-refractivity contribution in [1.82, 2.24) is 9.62 Å². The van der Waals surface area contributed by atoms with Crippen LogP contribution in [0.15, 0.2) is 0 Å². The van der Waals surface area contributed by atoms with E-state index in [0.29, 0.717) is 0 Å². The second-order valence-electron chi connectivity index (χ2n) is 3.97. The Morgan fingerprint density at radius 1 is 1.36 bits per heavy atom. The summed E-state index contributed by atoms with van der Waals surface area (Å²) in [7, 11) is -0.482. The Morgan fingerprint density at radius 3 is 2.36 bits per heavy atom. The van der Waals surface area contributed by atoms with Crippen LogP contribution in [0.3, 0.4) is 0 Å². The fourth-order valence-corrected chi connectivity index (χ4v) is 3.43. The van der Waals surface area contributed by atoms with Gasteiger partial charge in [0.05, 0.1) is 0 Å². The number of hydrogen-bond donors (Lipinski definition) is 1. The highest BCUT2D eigenvalue weighted by atomic mass is 32.3. The summed E-state index contributed by atoms with van der Waals surface area (Å²) < 4.78 is 2.64. The maximum atomic E-state index is 3.41. The molecule has 0 saturated carbocycles. The summed E-state index contributed by atoms with van der Waals surface area (Å²) >= 11 is 0. The van der Waals surface area contributed by atoms with Crippen LogP contribution in [-0.2, 0) is 0 Å². The van der Waals surface area contributed by atoms with E-state index in [1.54, 1.807) is 0 Å². The lowest BCUT2D eigenvalue weighted by molar-refractivity contribution is 0.303. The minimum Gasteiger partial charge on any atom is -0.314 e. The Labute approximate surface area is 71.8 Å². The molecule has 0 aliphatic carbocycles. The molecule has 68 valence electrons. The minimum absolute atomic E-state index is 0.482. The van der Waals surface area contributed by atoms with Gasteiger partial charge in [-0.2, -0.15) is 10.2 Å². The molecule has 1 unspecified atom stereocenters. The topological polar surface area (TPSA) is 15.3 Å². The molecule has 0 aromatic carbocycles. The van der Waals surface area contributed by atoms with Gasteiger partial charge < -0.3 is 5.32 Å². The van der Waals surface area contributed by atoms with Gasteiger partial charge in [-0.05, 0) is 25.7 Å². The zero-order valence-corrected chi connectivity index (χ0v) is 8.87. The lowest BCUT2D eigenvalue weighted by atomic mass is 10.3. The average molecular weight is 176 g/mol. The van der Waals surface area contributed by atoms with E-state index in [0.717, 1.165) is 19.1 Å². The summed E-state index contributed by atoms with van der Waals surface area (Å²) in [6, 6.07) is 0.721. The van der Waals surface area contributed by atoms with Crippen molar-refractivity contribution in [1.29, 1.82) is 0 Å². The highest BCUT2D eigenvalue weighted by molar-refractivity contribution is 8.30. The third-order valence-corrected chi connectivity index (χ3v) is 4.09. The Bertz CT molecular complexity index is 131. The molecule has 1 atom stereocenters. The molecule has 0 radical (unpaired) electrons. The lowest BCUT2D eigenvalue weighted by Crippen LogP contribution is -2.49. The van der Waals surface area contributed by atoms with Crippen LogP contribution in [0, 0.1) is 0 Å². The standard InChI is InChI=1S/C8H20N2S/c1-8-7-9-5-6-10(8)11(2,3)4/h8-9H,5-7H2,1-4H3. The molecule has 0 aromatic heterocycles. The van der Waals surface area contributed by atoms with Crippen molar-refractivity contribution in [3.05, 3.63) is 0 Å². The van der Waals surface area contributed by atoms with Crippen LogP contribution in [0.1, 0.15) is 6.92 Å². The summed E-state index contributed by atoms with van der Waals surface area (Å²) in [5, 5.41) is 3.41. The molecule has 1 N–H and O–H groups in total. The summed E-state index contributed by atoms with van der Waals surface area (Å²) in [6.07, 6.45) is 7.11. The Hall–Kier alpha value is 0.270. The van der Waals surface area contributed by atoms with Crippen LogP contribution in [0.2, 0.25) is 0 Å². The predicted octanol–water partition coefficient (Wildman–Crippen LogP) is 0.889. The first kappa shape index (κ1) is 9.36. The molecule has 1 aliphatic heterocycles. The van der Waals surface area contributed by atoms with Crippen LogP contribution in [-0.4, -0.2) is 48.7 Å². The van der Waals surface area contributed by atoms with E-state index >= 15 is 0 Å². The number of nitrogens with zero attached hydrogens (tertiary/aromatic N) is 1. The number of hydrogen-bond acceptors (Lipinski definition) is 2. The van der Waals surface area contributed by atoms with Gasteiger partial charge in [0.2, 0.25) is 0 Å². The van der Waals surface area contributed by atoms with Gasteiger partial charge in [-0.3, -0.25) is 4.31 Å². The highest BCUT2D eigenvalue weighted by Gasteiger charge is 2.24. The van der Waals surface area contributed by atoms with E-state index in [-0.39, 0.29) is 0 Å². The molecule has 3 heteroatoms. The summed E-state index contributed by atoms with van der Waals surface area (Å²) in [5.74, 6) is 0. The lowest BCUT2D eigenvalue weighted by Gasteiger charge is -2.46. The number of piperazine rings is 1. The first-order valence-electron chi connectivity index (χ1n) is 4.17. The summed E-state index contributed by atoms with van der Waals surface area (Å²) in [5.41, 5.74) is 0. The monoisotopic (exact) mass is 176 g/mol. The third kappa shape index (κ3) is 2.36. The van der Waals surface area contributed by atoms with Gasteiger partial charge in [-0.25, -0.2) is 0 Å². The zero-order valence-electron chi connectivity index (χ0n) is 8.05. The Morgan fingerprint density at radius 2 is 2.00 bits per heavy atom. The van der Waals surface area contributed by atoms with E-state index in [1.165, 1.54) is 6.54 Å². The van der Waals surface area contributed by atoms with E-state index in [4.69, 9.17) is 0 Å². The molecule has 0 aromatic rings. The molecule has 1 rings (SSSR count). The van der Waals surface area contributed by atoms with Crippen molar-refractivity contribution in [2.75, 3.05) is 38.4 Å². The smallest absolute Gasteiger partial charge is 0.0284 e. The van der Waals surface area contributed by atoms with Gasteiger partial charge in [0, 0.05) is 25.7 Å². The van der Waals surface area contributed by atoms with Crippen molar-refractivity contribution < 1.29 is 0 Å². The largest absolute Gasteiger partial charge is 0.314 e. The quantitative estimate of drug-likeness (QED) is 0.638. The average Bonchev–Trinajstić information content (AvgIpc) is 1.86. The first-order chi connectivity index (χ1) is 5.02. The van der Waals surface area contributed by atoms with Gasteiger partial charge in [0.25, 0.3) is 0 Å². The second-order valence-corrected chi connectivity index (χ2v) is 7.98. The molecule has 1 fully saturated rings. The zero-order chi connectivity index (χ0) is 8.48. The molecule has 1 saturated heterocycles. The number of rotatable bonds is 1. The van der Waals surface area contributed by atoms with E-state index < -0.39 is 10.2 Å². The molecule has 11 heavy (non-hydrogen) atoms. The summed E-state index contributed by atoms with van der Waals surface area (Å²) in [4.78, 5) is 0. The normalized spacial score (nSPS) is 30.4. The maximum absolute atomic E-state index is 3.41. The van der Waals surface area contributed by atoms with Crippen LogP contribution in [0.4, 0.5) is 0 Å². The fraction of sp³-hybridized carbons (Fsp3) is 1.00. The van der Waals surface area contributed by atoms with Crippen LogP contribution in [0.25, 0.3) is 0 Å². The third-order valence-electron chi connectivity index (χ3n) is 2.14. The van der Waals surface area contributed by atoms with Gasteiger partial charge in [-0.1, -0.05) is 0 Å². The van der Waals surface area contributed by atoms with E-state index in [9.17, 15) is 0 Å². The van der Waals surface area contributed by atoms with E-state index in [1.807, 2.05) is 0 Å². The number of nitrogens with one attached hydrogen (secondary N) is 1. The molecule has 0 amide bonds. The molecular weight excluding hydrogens is 156 g/mol. The van der Waals surface area contributed by atoms with Gasteiger partial charge in [0.15, 0.2) is 0 Å². The van der Waals surface area contributed by atoms with Gasteiger partial charge >= 0.3 is 0 Å². The van der Waals surface area contributed by atoms with Gasteiger partial charge in [0.1, 0.15) is 0 Å². The van der Waals surface area contributed by atoms with E-state index in [2.05, 4.69) is 35.3 Å². The Balaban J connectivity index is 2.55. The molecule has 1 aliphatic rings. The van der Waals surface area contributed by atoms with Crippen molar-refractivity contribution in [2.45, 2.75) is 13.0 Å². The van der Waals surface area contributed by atoms with Gasteiger partial charge in [-0.15, -0.1) is 0 Å². The van der Waals surface area contributed by atoms with Crippen LogP contribution >= 0.6 is 10.2 Å². The van der Waals surface area contributed by atoms with Crippen molar-refractivity contribution >= 4 is 10.2 Å². The van der Waals surface area contributed by atoms with Crippen molar-refractivity contribution in [3.63, 3.8) is 0 Å². The molecular formula is C8H20N2S.